The Morgan fingerprint density at radius 2 is 2.21 bits per heavy atom. The number of nitrogens with one attached hydrogen (secondary N) is 2. The highest BCUT2D eigenvalue weighted by Gasteiger charge is 2.08. The number of nitrogens with zero attached hydrogens (tertiary/aromatic N) is 1. The molecule has 2 rings (SSSR count). The fraction of sp³-hybridized carbons (Fsp3) is 0.231. The second-order valence-electron chi connectivity index (χ2n) is 3.95. The lowest BCUT2D eigenvalue weighted by molar-refractivity contribution is 0.281. The van der Waals surface area contributed by atoms with Crippen LogP contribution in [-0.4, -0.2) is 22.2 Å². The zero-order valence-corrected chi connectivity index (χ0v) is 10.5. The molecule has 0 bridgehead atoms. The van der Waals surface area contributed by atoms with Crippen molar-refractivity contribution < 1.29 is 9.84 Å². The molecule has 1 heterocycles. The van der Waals surface area contributed by atoms with E-state index in [1.165, 1.54) is 13.4 Å². The van der Waals surface area contributed by atoms with Gasteiger partial charge in [0.15, 0.2) is 5.82 Å². The predicted octanol–water partition coefficient (Wildman–Crippen LogP) is 0.883. The molecular weight excluding hydrogens is 246 g/mol. The summed E-state index contributed by atoms with van der Waals surface area (Å²) < 4.78 is 5.00. The summed E-state index contributed by atoms with van der Waals surface area (Å²) in [6.07, 6.45) is 1.32. The molecule has 6 nitrogen and oxygen atoms in total. The van der Waals surface area contributed by atoms with Crippen molar-refractivity contribution >= 4 is 5.82 Å². The summed E-state index contributed by atoms with van der Waals surface area (Å²) in [5, 5.41) is 12.1. The van der Waals surface area contributed by atoms with E-state index < -0.39 is 0 Å². The number of methoxy groups -OCH3 is 1. The fourth-order valence-corrected chi connectivity index (χ4v) is 1.73. The Morgan fingerprint density at radius 1 is 1.42 bits per heavy atom. The molecule has 3 N–H and O–H groups in total. The number of aromatic nitrogens is 2. The van der Waals surface area contributed by atoms with Crippen molar-refractivity contribution in [1.29, 1.82) is 0 Å². The monoisotopic (exact) mass is 261 g/mol. The van der Waals surface area contributed by atoms with Crippen LogP contribution in [0.2, 0.25) is 0 Å². The minimum Gasteiger partial charge on any atom is -0.489 e. The first-order valence-electron chi connectivity index (χ1n) is 5.79. The van der Waals surface area contributed by atoms with Gasteiger partial charge in [0.05, 0.1) is 20.0 Å². The number of hydrogen-bond donors (Lipinski definition) is 3. The molecular formula is C13H15N3O3. The van der Waals surface area contributed by atoms with Crippen LogP contribution in [-0.2, 0) is 13.2 Å². The quantitative estimate of drug-likeness (QED) is 0.743. The molecule has 0 fully saturated rings. The van der Waals surface area contributed by atoms with Gasteiger partial charge in [0, 0.05) is 6.54 Å². The molecule has 0 aliphatic heterocycles. The highest BCUT2D eigenvalue weighted by atomic mass is 16.5. The van der Waals surface area contributed by atoms with Gasteiger partial charge in [0.2, 0.25) is 5.75 Å². The standard InChI is InChI=1S/C13H15N3O3/c1-19-11-12(15-8-16-13(11)18)14-6-9-3-2-4-10(5-9)7-17/h2-5,8,17H,6-7H2,1H3,(H2,14,15,16,18). The predicted molar refractivity (Wildman–Crippen MR) is 71.1 cm³/mol. The number of ether oxygens (including phenoxy) is 1. The van der Waals surface area contributed by atoms with Crippen molar-refractivity contribution in [2.24, 2.45) is 0 Å². The maximum Gasteiger partial charge on any atom is 0.295 e. The van der Waals surface area contributed by atoms with E-state index in [2.05, 4.69) is 15.3 Å². The second kappa shape index (κ2) is 6.01. The first-order chi connectivity index (χ1) is 9.24. The van der Waals surface area contributed by atoms with Crippen LogP contribution in [0.15, 0.2) is 35.4 Å². The SMILES string of the molecule is COc1c(NCc2cccc(CO)c2)nc[nH]c1=O. The van der Waals surface area contributed by atoms with Gasteiger partial charge in [-0.3, -0.25) is 4.79 Å². The minimum atomic E-state index is -0.330. The van der Waals surface area contributed by atoms with Crippen LogP contribution in [0.3, 0.4) is 0 Å². The van der Waals surface area contributed by atoms with Crippen molar-refractivity contribution in [3.63, 3.8) is 0 Å². The number of aliphatic hydroxyl groups is 1. The Kier molecular flexibility index (Phi) is 4.15. The first-order valence-corrected chi connectivity index (χ1v) is 5.79. The fourth-order valence-electron chi connectivity index (χ4n) is 1.73. The summed E-state index contributed by atoms with van der Waals surface area (Å²) >= 11 is 0. The third-order valence-electron chi connectivity index (χ3n) is 2.65. The van der Waals surface area contributed by atoms with Crippen LogP contribution in [0, 0.1) is 0 Å². The molecule has 0 radical (unpaired) electrons. The molecule has 0 aliphatic carbocycles. The molecule has 2 aromatic rings. The van der Waals surface area contributed by atoms with Gasteiger partial charge in [0.25, 0.3) is 5.56 Å². The molecule has 1 aromatic heterocycles. The summed E-state index contributed by atoms with van der Waals surface area (Å²) in [4.78, 5) is 18.0. The zero-order chi connectivity index (χ0) is 13.7. The molecule has 0 unspecified atom stereocenters. The molecule has 0 atom stereocenters. The van der Waals surface area contributed by atoms with Crippen LogP contribution >= 0.6 is 0 Å². The maximum absolute atomic E-state index is 11.5. The van der Waals surface area contributed by atoms with Gasteiger partial charge in [-0.05, 0) is 11.1 Å². The lowest BCUT2D eigenvalue weighted by Crippen LogP contribution is -2.14. The zero-order valence-electron chi connectivity index (χ0n) is 10.5. The smallest absolute Gasteiger partial charge is 0.295 e. The van der Waals surface area contributed by atoms with E-state index in [4.69, 9.17) is 9.84 Å². The summed E-state index contributed by atoms with van der Waals surface area (Å²) in [6, 6.07) is 7.51. The van der Waals surface area contributed by atoms with Gasteiger partial charge in [-0.2, -0.15) is 0 Å². The van der Waals surface area contributed by atoms with Crippen molar-refractivity contribution in [3.05, 3.63) is 52.1 Å². The lowest BCUT2D eigenvalue weighted by atomic mass is 10.1. The highest BCUT2D eigenvalue weighted by molar-refractivity contribution is 5.48. The normalized spacial score (nSPS) is 10.2. The maximum atomic E-state index is 11.5. The van der Waals surface area contributed by atoms with E-state index in [0.717, 1.165) is 11.1 Å². The number of benzene rings is 1. The molecule has 0 saturated heterocycles. The van der Waals surface area contributed by atoms with Gasteiger partial charge in [-0.15, -0.1) is 0 Å². The van der Waals surface area contributed by atoms with Crippen molar-refractivity contribution in [1.82, 2.24) is 9.97 Å². The molecule has 0 amide bonds. The molecule has 0 spiro atoms. The minimum absolute atomic E-state index is 0.000413. The topological polar surface area (TPSA) is 87.2 Å². The average molecular weight is 261 g/mol. The van der Waals surface area contributed by atoms with Crippen LogP contribution in [0.4, 0.5) is 5.82 Å². The average Bonchev–Trinajstić information content (AvgIpc) is 2.45. The van der Waals surface area contributed by atoms with E-state index in [0.29, 0.717) is 12.4 Å². The summed E-state index contributed by atoms with van der Waals surface area (Å²) in [7, 11) is 1.42. The number of anilines is 1. The Bertz CT molecular complexity index is 610. The first kappa shape index (κ1) is 13.1. The van der Waals surface area contributed by atoms with E-state index in [9.17, 15) is 4.79 Å². The molecule has 100 valence electrons. The second-order valence-corrected chi connectivity index (χ2v) is 3.95. The van der Waals surface area contributed by atoms with Crippen molar-refractivity contribution in [3.8, 4) is 5.75 Å². The third kappa shape index (κ3) is 3.11. The van der Waals surface area contributed by atoms with E-state index >= 15 is 0 Å². The van der Waals surface area contributed by atoms with Crippen LogP contribution in [0.1, 0.15) is 11.1 Å². The van der Waals surface area contributed by atoms with E-state index in [-0.39, 0.29) is 17.9 Å². The number of aliphatic hydroxyl groups excluding tert-OH is 1. The molecule has 0 saturated carbocycles. The summed E-state index contributed by atoms with van der Waals surface area (Å²) in [5.41, 5.74) is 1.49. The van der Waals surface area contributed by atoms with Crippen molar-refractivity contribution in [2.45, 2.75) is 13.2 Å². The van der Waals surface area contributed by atoms with E-state index in [1.807, 2.05) is 24.3 Å². The summed E-state index contributed by atoms with van der Waals surface area (Å²) in [6.45, 7) is 0.487. The molecule has 6 heteroatoms. The Labute approximate surface area is 110 Å². The van der Waals surface area contributed by atoms with E-state index in [1.54, 1.807) is 0 Å². The number of H-pyrrole nitrogens is 1. The van der Waals surface area contributed by atoms with Crippen LogP contribution in [0.5, 0.6) is 5.75 Å². The highest BCUT2D eigenvalue weighted by Crippen LogP contribution is 2.15. The molecule has 1 aromatic carbocycles. The van der Waals surface area contributed by atoms with Crippen LogP contribution in [0.25, 0.3) is 0 Å². The number of hydrogen-bond acceptors (Lipinski definition) is 5. The Morgan fingerprint density at radius 3 is 2.95 bits per heavy atom. The van der Waals surface area contributed by atoms with Gasteiger partial charge >= 0.3 is 0 Å². The van der Waals surface area contributed by atoms with Gasteiger partial charge < -0.3 is 20.1 Å². The number of rotatable bonds is 5. The Balaban J connectivity index is 2.14. The lowest BCUT2D eigenvalue weighted by Gasteiger charge is -2.09. The van der Waals surface area contributed by atoms with Crippen LogP contribution < -0.4 is 15.6 Å². The summed E-state index contributed by atoms with van der Waals surface area (Å²) in [5.74, 6) is 0.543. The van der Waals surface area contributed by atoms with Gasteiger partial charge in [-0.1, -0.05) is 24.3 Å². The van der Waals surface area contributed by atoms with Gasteiger partial charge in [-0.25, -0.2) is 4.98 Å². The third-order valence-corrected chi connectivity index (χ3v) is 2.65. The largest absolute Gasteiger partial charge is 0.489 e. The molecule has 19 heavy (non-hydrogen) atoms. The number of aromatic amines is 1. The molecule has 0 aliphatic rings. The Hall–Kier alpha value is -2.34. The van der Waals surface area contributed by atoms with Crippen molar-refractivity contribution in [2.75, 3.05) is 12.4 Å². The van der Waals surface area contributed by atoms with Gasteiger partial charge in [0.1, 0.15) is 0 Å².